The predicted octanol–water partition coefficient (Wildman–Crippen LogP) is 0.244. The standard InChI is InChI=1S/C13H16N2O3/c1-14-11-6-9-4-2-3-5-10(9)7-15(13(11)18)8-12(16)17/h2-5,11,14H,6-8H2,1H3,(H,16,17)/t11-/m0/s1. The van der Waals surface area contributed by atoms with E-state index in [-0.39, 0.29) is 18.5 Å². The second-order valence-corrected chi connectivity index (χ2v) is 4.40. The molecule has 0 fully saturated rings. The van der Waals surface area contributed by atoms with Crippen molar-refractivity contribution in [2.45, 2.75) is 19.0 Å². The first-order chi connectivity index (χ1) is 8.61. The molecule has 18 heavy (non-hydrogen) atoms. The zero-order chi connectivity index (χ0) is 13.1. The quantitative estimate of drug-likeness (QED) is 0.804. The molecule has 1 aliphatic heterocycles. The van der Waals surface area contributed by atoms with Crippen molar-refractivity contribution in [3.63, 3.8) is 0 Å². The summed E-state index contributed by atoms with van der Waals surface area (Å²) in [5.41, 5.74) is 2.11. The number of rotatable bonds is 3. The molecule has 1 amide bonds. The number of likely N-dealkylation sites (N-methyl/N-ethyl adjacent to an activating group) is 1. The third-order valence-corrected chi connectivity index (χ3v) is 3.19. The van der Waals surface area contributed by atoms with Crippen molar-refractivity contribution in [2.75, 3.05) is 13.6 Å². The number of hydrogen-bond donors (Lipinski definition) is 2. The Morgan fingerprint density at radius 2 is 2.11 bits per heavy atom. The lowest BCUT2D eigenvalue weighted by atomic mass is 10.0. The fraction of sp³-hybridized carbons (Fsp3) is 0.385. The van der Waals surface area contributed by atoms with Crippen LogP contribution in [0.25, 0.3) is 0 Å². The van der Waals surface area contributed by atoms with Crippen LogP contribution in [-0.2, 0) is 22.6 Å². The minimum atomic E-state index is -0.988. The molecule has 5 heteroatoms. The Bertz CT molecular complexity index is 473. The Kier molecular flexibility index (Phi) is 3.62. The lowest BCUT2D eigenvalue weighted by Gasteiger charge is -2.22. The number of nitrogens with zero attached hydrogens (tertiary/aromatic N) is 1. The third-order valence-electron chi connectivity index (χ3n) is 3.19. The Morgan fingerprint density at radius 1 is 1.44 bits per heavy atom. The van der Waals surface area contributed by atoms with E-state index >= 15 is 0 Å². The van der Waals surface area contributed by atoms with Gasteiger partial charge in [0.2, 0.25) is 5.91 Å². The molecule has 0 saturated heterocycles. The van der Waals surface area contributed by atoms with Crippen molar-refractivity contribution in [1.82, 2.24) is 10.2 Å². The molecule has 1 aromatic rings. The van der Waals surface area contributed by atoms with Gasteiger partial charge in [-0.25, -0.2) is 0 Å². The Morgan fingerprint density at radius 3 is 2.72 bits per heavy atom. The summed E-state index contributed by atoms with van der Waals surface area (Å²) in [6.07, 6.45) is 0.599. The van der Waals surface area contributed by atoms with Gasteiger partial charge in [0.1, 0.15) is 6.54 Å². The highest BCUT2D eigenvalue weighted by molar-refractivity contribution is 5.86. The smallest absolute Gasteiger partial charge is 0.323 e. The Balaban J connectivity index is 2.33. The predicted molar refractivity (Wildman–Crippen MR) is 66.0 cm³/mol. The van der Waals surface area contributed by atoms with Gasteiger partial charge in [0.05, 0.1) is 6.04 Å². The van der Waals surface area contributed by atoms with E-state index in [2.05, 4.69) is 5.32 Å². The monoisotopic (exact) mass is 248 g/mol. The van der Waals surface area contributed by atoms with Crippen molar-refractivity contribution in [2.24, 2.45) is 0 Å². The molecule has 0 bridgehead atoms. The fourth-order valence-corrected chi connectivity index (χ4v) is 2.24. The van der Waals surface area contributed by atoms with Crippen LogP contribution in [0.1, 0.15) is 11.1 Å². The lowest BCUT2D eigenvalue weighted by molar-refractivity contribution is -0.145. The summed E-state index contributed by atoms with van der Waals surface area (Å²) in [5, 5.41) is 11.8. The van der Waals surface area contributed by atoms with Gasteiger partial charge in [0, 0.05) is 6.54 Å². The second-order valence-electron chi connectivity index (χ2n) is 4.40. The van der Waals surface area contributed by atoms with E-state index in [9.17, 15) is 9.59 Å². The number of nitrogens with one attached hydrogen (secondary N) is 1. The van der Waals surface area contributed by atoms with Crippen LogP contribution in [0.15, 0.2) is 24.3 Å². The first-order valence-electron chi connectivity index (χ1n) is 5.86. The summed E-state index contributed by atoms with van der Waals surface area (Å²) in [7, 11) is 1.72. The summed E-state index contributed by atoms with van der Waals surface area (Å²) in [5.74, 6) is -1.14. The molecule has 0 unspecified atom stereocenters. The van der Waals surface area contributed by atoms with Crippen LogP contribution in [0.3, 0.4) is 0 Å². The maximum atomic E-state index is 12.2. The minimum absolute atomic E-state index is 0.156. The molecule has 0 saturated carbocycles. The number of carboxylic acid groups (broad SMARTS) is 1. The molecule has 1 aromatic carbocycles. The largest absolute Gasteiger partial charge is 0.480 e. The van der Waals surface area contributed by atoms with Gasteiger partial charge in [-0.1, -0.05) is 24.3 Å². The minimum Gasteiger partial charge on any atom is -0.480 e. The van der Waals surface area contributed by atoms with Crippen molar-refractivity contribution < 1.29 is 14.7 Å². The molecule has 0 radical (unpaired) electrons. The van der Waals surface area contributed by atoms with Gasteiger partial charge < -0.3 is 15.3 Å². The number of benzene rings is 1. The van der Waals surface area contributed by atoms with E-state index in [0.29, 0.717) is 13.0 Å². The first-order valence-corrected chi connectivity index (χ1v) is 5.86. The molecule has 1 atom stereocenters. The Hall–Kier alpha value is -1.88. The van der Waals surface area contributed by atoms with Crippen molar-refractivity contribution in [1.29, 1.82) is 0 Å². The number of carbonyl (C=O) groups is 2. The number of carboxylic acids is 1. The summed E-state index contributed by atoms with van der Waals surface area (Å²) in [4.78, 5) is 24.4. The molecule has 2 rings (SSSR count). The van der Waals surface area contributed by atoms with Gasteiger partial charge in [0.25, 0.3) is 0 Å². The maximum absolute atomic E-state index is 12.2. The van der Waals surface area contributed by atoms with Gasteiger partial charge >= 0.3 is 5.97 Å². The van der Waals surface area contributed by atoms with Crippen LogP contribution in [0.4, 0.5) is 0 Å². The highest BCUT2D eigenvalue weighted by atomic mass is 16.4. The van der Waals surface area contributed by atoms with Crippen LogP contribution in [0, 0.1) is 0 Å². The van der Waals surface area contributed by atoms with E-state index in [0.717, 1.165) is 11.1 Å². The highest BCUT2D eigenvalue weighted by Crippen LogP contribution is 2.19. The van der Waals surface area contributed by atoms with Crippen molar-refractivity contribution in [3.8, 4) is 0 Å². The zero-order valence-corrected chi connectivity index (χ0v) is 10.2. The summed E-state index contributed by atoms with van der Waals surface area (Å²) < 4.78 is 0. The van der Waals surface area contributed by atoms with Crippen LogP contribution in [-0.4, -0.2) is 41.5 Å². The number of fused-ring (bicyclic) bond motifs is 1. The van der Waals surface area contributed by atoms with Crippen LogP contribution in [0.5, 0.6) is 0 Å². The summed E-state index contributed by atoms with van der Waals surface area (Å²) in [6.45, 7) is 0.102. The maximum Gasteiger partial charge on any atom is 0.323 e. The second kappa shape index (κ2) is 5.18. The first kappa shape index (κ1) is 12.6. The van der Waals surface area contributed by atoms with Gasteiger partial charge in [0.15, 0.2) is 0 Å². The summed E-state index contributed by atoms with van der Waals surface area (Å²) >= 11 is 0. The molecule has 0 aromatic heterocycles. The van der Waals surface area contributed by atoms with Gasteiger partial charge in [-0.05, 0) is 24.6 Å². The average molecular weight is 248 g/mol. The van der Waals surface area contributed by atoms with Gasteiger partial charge in [-0.3, -0.25) is 9.59 Å². The molecule has 0 aliphatic carbocycles. The number of amides is 1. The topological polar surface area (TPSA) is 69.6 Å². The molecule has 2 N–H and O–H groups in total. The number of aliphatic carboxylic acids is 1. The van der Waals surface area contributed by atoms with Crippen LogP contribution in [0.2, 0.25) is 0 Å². The molecular weight excluding hydrogens is 232 g/mol. The van der Waals surface area contributed by atoms with E-state index in [4.69, 9.17) is 5.11 Å². The van der Waals surface area contributed by atoms with Crippen molar-refractivity contribution >= 4 is 11.9 Å². The van der Waals surface area contributed by atoms with E-state index in [1.165, 1.54) is 4.90 Å². The number of carbonyl (C=O) groups excluding carboxylic acids is 1. The fourth-order valence-electron chi connectivity index (χ4n) is 2.24. The van der Waals surface area contributed by atoms with Crippen LogP contribution < -0.4 is 5.32 Å². The Labute approximate surface area is 105 Å². The molecule has 1 heterocycles. The zero-order valence-electron chi connectivity index (χ0n) is 10.2. The van der Waals surface area contributed by atoms with E-state index < -0.39 is 5.97 Å². The molecular formula is C13H16N2O3. The molecule has 96 valence electrons. The normalized spacial score (nSPS) is 19.3. The van der Waals surface area contributed by atoms with Gasteiger partial charge in [-0.15, -0.1) is 0 Å². The van der Waals surface area contributed by atoms with E-state index in [1.807, 2.05) is 24.3 Å². The lowest BCUT2D eigenvalue weighted by Crippen LogP contribution is -2.46. The SMILES string of the molecule is CN[C@H]1Cc2ccccc2CN(CC(=O)O)C1=O. The van der Waals surface area contributed by atoms with Gasteiger partial charge in [-0.2, -0.15) is 0 Å². The molecule has 1 aliphatic rings. The third kappa shape index (κ3) is 2.51. The summed E-state index contributed by atoms with van der Waals surface area (Å²) in [6, 6.07) is 7.41. The number of hydrogen-bond acceptors (Lipinski definition) is 3. The van der Waals surface area contributed by atoms with Crippen LogP contribution >= 0.6 is 0 Å². The molecule has 5 nitrogen and oxygen atoms in total. The highest BCUT2D eigenvalue weighted by Gasteiger charge is 2.29. The molecule has 0 spiro atoms. The van der Waals surface area contributed by atoms with Crippen molar-refractivity contribution in [3.05, 3.63) is 35.4 Å². The van der Waals surface area contributed by atoms with E-state index in [1.54, 1.807) is 7.05 Å². The average Bonchev–Trinajstić information content (AvgIpc) is 2.47.